The summed E-state index contributed by atoms with van der Waals surface area (Å²) in [6.07, 6.45) is 3.37. The van der Waals surface area contributed by atoms with E-state index < -0.39 is 0 Å². The lowest BCUT2D eigenvalue weighted by atomic mass is 10.5. The van der Waals surface area contributed by atoms with Crippen LogP contribution in [-0.2, 0) is 6.54 Å². The largest absolute Gasteiger partial charge is 0.234 e. The van der Waals surface area contributed by atoms with Gasteiger partial charge in [-0.25, -0.2) is 0 Å². The summed E-state index contributed by atoms with van der Waals surface area (Å²) < 4.78 is 2.28. The average molecular weight is 142 g/mol. The van der Waals surface area contributed by atoms with E-state index in [9.17, 15) is 0 Å². The van der Waals surface area contributed by atoms with Gasteiger partial charge in [-0.15, -0.1) is 0 Å². The third-order valence-electron chi connectivity index (χ3n) is 1.35. The molecule has 0 spiro atoms. The smallest absolute Gasteiger partial charge is 0.193 e. The summed E-state index contributed by atoms with van der Waals surface area (Å²) in [5.74, 6) is 0. The van der Waals surface area contributed by atoms with E-state index >= 15 is 0 Å². The van der Waals surface area contributed by atoms with Gasteiger partial charge in [0.2, 0.25) is 5.01 Å². The molecule has 0 aliphatic rings. The number of hydrogen-bond donors (Lipinski definition) is 0. The van der Waals surface area contributed by atoms with Crippen LogP contribution < -0.4 is 4.57 Å². The first-order chi connectivity index (χ1) is 4.34. The second kappa shape index (κ2) is 2.97. The molecule has 1 nitrogen and oxygen atoms in total. The highest BCUT2D eigenvalue weighted by molar-refractivity contribution is 7.09. The second-order valence-corrected chi connectivity index (χ2v) is 3.21. The predicted molar refractivity (Wildman–Crippen MR) is 39.5 cm³/mol. The molecule has 0 fully saturated rings. The van der Waals surface area contributed by atoms with Crippen molar-refractivity contribution in [3.05, 3.63) is 16.6 Å². The van der Waals surface area contributed by atoms with Gasteiger partial charge in [-0.3, -0.25) is 0 Å². The Balaban J connectivity index is 2.69. The molecule has 0 aliphatic heterocycles. The zero-order chi connectivity index (χ0) is 6.69. The fourth-order valence-corrected chi connectivity index (χ4v) is 1.54. The Morgan fingerprint density at radius 2 is 2.44 bits per heavy atom. The second-order valence-electron chi connectivity index (χ2n) is 2.12. The minimum Gasteiger partial charge on any atom is -0.193 e. The van der Waals surface area contributed by atoms with Crippen molar-refractivity contribution in [2.45, 2.75) is 26.8 Å². The Kier molecular flexibility index (Phi) is 2.22. The minimum atomic E-state index is 1.16. The van der Waals surface area contributed by atoms with Crippen LogP contribution in [0.15, 0.2) is 11.6 Å². The molecule has 1 rings (SSSR count). The molecule has 1 aromatic heterocycles. The van der Waals surface area contributed by atoms with Gasteiger partial charge in [-0.2, -0.15) is 4.57 Å². The minimum absolute atomic E-state index is 1.16. The fraction of sp³-hybridized carbons (Fsp3) is 0.571. The molecule has 0 radical (unpaired) electrons. The molecule has 1 aromatic rings. The fourth-order valence-electron chi connectivity index (χ4n) is 0.848. The van der Waals surface area contributed by atoms with Crippen molar-refractivity contribution in [1.82, 2.24) is 0 Å². The maximum Gasteiger partial charge on any atom is 0.234 e. The summed E-state index contributed by atoms with van der Waals surface area (Å²) in [6, 6.07) is 0. The van der Waals surface area contributed by atoms with Gasteiger partial charge >= 0.3 is 0 Å². The topological polar surface area (TPSA) is 3.88 Å². The van der Waals surface area contributed by atoms with Gasteiger partial charge < -0.3 is 0 Å². The Labute approximate surface area is 60.0 Å². The number of aryl methyl sites for hydroxylation is 2. The van der Waals surface area contributed by atoms with Crippen molar-refractivity contribution in [3.8, 4) is 0 Å². The summed E-state index contributed by atoms with van der Waals surface area (Å²) in [4.78, 5) is 0. The van der Waals surface area contributed by atoms with Crippen molar-refractivity contribution in [3.63, 3.8) is 0 Å². The molecule has 9 heavy (non-hydrogen) atoms. The van der Waals surface area contributed by atoms with E-state index in [1.54, 1.807) is 0 Å². The van der Waals surface area contributed by atoms with Crippen molar-refractivity contribution in [2.75, 3.05) is 0 Å². The highest BCUT2D eigenvalue weighted by Crippen LogP contribution is 1.98. The Morgan fingerprint density at radius 1 is 1.67 bits per heavy atom. The third-order valence-corrected chi connectivity index (χ3v) is 2.18. The first kappa shape index (κ1) is 6.75. The molecule has 0 bridgehead atoms. The first-order valence-corrected chi connectivity index (χ1v) is 4.16. The average Bonchev–Trinajstić information content (AvgIpc) is 2.18. The summed E-state index contributed by atoms with van der Waals surface area (Å²) in [6.45, 7) is 5.51. The zero-order valence-electron chi connectivity index (χ0n) is 5.92. The molecule has 0 unspecified atom stereocenters. The maximum atomic E-state index is 2.28. The molecule has 2 heteroatoms. The quantitative estimate of drug-likeness (QED) is 0.554. The highest BCUT2D eigenvalue weighted by Gasteiger charge is 2.02. The number of thiazole rings is 1. The van der Waals surface area contributed by atoms with E-state index in [2.05, 4.69) is 30.0 Å². The van der Waals surface area contributed by atoms with Crippen molar-refractivity contribution >= 4 is 11.3 Å². The van der Waals surface area contributed by atoms with Crippen LogP contribution in [0.2, 0.25) is 0 Å². The van der Waals surface area contributed by atoms with E-state index in [4.69, 9.17) is 0 Å². The zero-order valence-corrected chi connectivity index (χ0v) is 6.74. The van der Waals surface area contributed by atoms with Gasteiger partial charge in [-0.1, -0.05) is 18.3 Å². The van der Waals surface area contributed by atoms with E-state index in [0.29, 0.717) is 0 Å². The summed E-state index contributed by atoms with van der Waals surface area (Å²) in [5.41, 5.74) is 0. The molecule has 1 heterocycles. The predicted octanol–water partition coefficient (Wildman–Crippen LogP) is 1.75. The van der Waals surface area contributed by atoms with Crippen LogP contribution in [0.5, 0.6) is 0 Å². The lowest BCUT2D eigenvalue weighted by Gasteiger charge is -1.87. The lowest BCUT2D eigenvalue weighted by molar-refractivity contribution is -0.697. The van der Waals surface area contributed by atoms with Gasteiger partial charge in [0.1, 0.15) is 6.54 Å². The summed E-state index contributed by atoms with van der Waals surface area (Å²) in [5, 5.41) is 3.53. The maximum absolute atomic E-state index is 2.28. The number of rotatable bonds is 2. The monoisotopic (exact) mass is 142 g/mol. The summed E-state index contributed by atoms with van der Waals surface area (Å²) >= 11 is 1.81. The molecule has 0 atom stereocenters. The van der Waals surface area contributed by atoms with Gasteiger partial charge in [0, 0.05) is 13.3 Å². The SMILES string of the molecule is CCC[n+]1ccsc1C. The van der Waals surface area contributed by atoms with E-state index in [1.807, 2.05) is 11.3 Å². The first-order valence-electron chi connectivity index (χ1n) is 3.28. The van der Waals surface area contributed by atoms with E-state index in [-0.39, 0.29) is 0 Å². The molecule has 0 N–H and O–H groups in total. The molecule has 0 aromatic carbocycles. The Bertz CT molecular complexity index is 181. The van der Waals surface area contributed by atoms with Crippen LogP contribution in [0.3, 0.4) is 0 Å². The molecular formula is C7H12NS+. The normalized spacial score (nSPS) is 10.0. The van der Waals surface area contributed by atoms with Gasteiger partial charge in [0.15, 0.2) is 6.20 Å². The Morgan fingerprint density at radius 3 is 2.89 bits per heavy atom. The van der Waals surface area contributed by atoms with E-state index in [0.717, 1.165) is 6.54 Å². The summed E-state index contributed by atoms with van der Waals surface area (Å²) in [7, 11) is 0. The van der Waals surface area contributed by atoms with Crippen LogP contribution in [0, 0.1) is 6.92 Å². The van der Waals surface area contributed by atoms with Crippen LogP contribution in [-0.4, -0.2) is 0 Å². The molecule has 0 saturated carbocycles. The van der Waals surface area contributed by atoms with E-state index in [1.165, 1.54) is 11.4 Å². The number of hydrogen-bond acceptors (Lipinski definition) is 1. The van der Waals surface area contributed by atoms with Gasteiger partial charge in [0.05, 0.1) is 5.38 Å². The molecule has 0 amide bonds. The van der Waals surface area contributed by atoms with Gasteiger partial charge in [0.25, 0.3) is 0 Å². The highest BCUT2D eigenvalue weighted by atomic mass is 32.1. The number of nitrogens with zero attached hydrogens (tertiary/aromatic N) is 1. The van der Waals surface area contributed by atoms with Crippen molar-refractivity contribution in [2.24, 2.45) is 0 Å². The molecule has 50 valence electrons. The molecular weight excluding hydrogens is 130 g/mol. The van der Waals surface area contributed by atoms with Crippen LogP contribution in [0.4, 0.5) is 0 Å². The molecule has 0 saturated heterocycles. The third kappa shape index (κ3) is 1.52. The van der Waals surface area contributed by atoms with Crippen molar-refractivity contribution in [1.29, 1.82) is 0 Å². The van der Waals surface area contributed by atoms with Crippen molar-refractivity contribution < 1.29 is 4.57 Å². The molecule has 0 aliphatic carbocycles. The lowest BCUT2D eigenvalue weighted by Crippen LogP contribution is -2.33. The van der Waals surface area contributed by atoms with Gasteiger partial charge in [-0.05, 0) is 0 Å². The van der Waals surface area contributed by atoms with Crippen LogP contribution >= 0.6 is 11.3 Å². The van der Waals surface area contributed by atoms with Crippen LogP contribution in [0.1, 0.15) is 18.4 Å². The number of aromatic nitrogens is 1. The Hall–Kier alpha value is -0.370. The van der Waals surface area contributed by atoms with Crippen LogP contribution in [0.25, 0.3) is 0 Å². The standard InChI is InChI=1S/C7H12NS/c1-3-4-8-5-6-9-7(8)2/h5-6H,3-4H2,1-2H3/q+1.